The Morgan fingerprint density at radius 3 is 1.23 bits per heavy atom. The van der Waals surface area contributed by atoms with Crippen molar-refractivity contribution in [3.8, 4) is 22.3 Å². The Kier molecular flexibility index (Phi) is 8.89. The molecule has 0 aliphatic carbocycles. The van der Waals surface area contributed by atoms with Crippen molar-refractivity contribution in [2.75, 3.05) is 10.2 Å². The molecule has 44 heavy (non-hydrogen) atoms. The molecular weight excluding hydrogens is 532 g/mol. The second-order valence-corrected chi connectivity index (χ2v) is 11.6. The Balaban J connectivity index is 1.19. The van der Waals surface area contributed by atoms with Gasteiger partial charge in [0, 0.05) is 28.4 Å². The van der Waals surface area contributed by atoms with Gasteiger partial charge < -0.3 is 10.2 Å². The highest BCUT2D eigenvalue weighted by molar-refractivity contribution is 5.79. The highest BCUT2D eigenvalue weighted by Crippen LogP contribution is 2.36. The van der Waals surface area contributed by atoms with E-state index in [1.165, 1.54) is 57.5 Å². The number of anilines is 5. The first-order valence-corrected chi connectivity index (χ1v) is 15.7. The predicted molar refractivity (Wildman–Crippen MR) is 190 cm³/mol. The van der Waals surface area contributed by atoms with Crippen LogP contribution < -0.4 is 10.2 Å². The average molecular weight is 573 g/mol. The zero-order valence-corrected chi connectivity index (χ0v) is 25.9. The van der Waals surface area contributed by atoms with Crippen LogP contribution in [-0.4, -0.2) is 0 Å². The van der Waals surface area contributed by atoms with Gasteiger partial charge in [0.05, 0.1) is 0 Å². The third kappa shape index (κ3) is 6.93. The van der Waals surface area contributed by atoms with Crippen LogP contribution in [0.3, 0.4) is 0 Å². The zero-order chi connectivity index (χ0) is 30.3. The first-order chi connectivity index (χ1) is 21.6. The highest BCUT2D eigenvalue weighted by Gasteiger charge is 2.13. The number of hydrogen-bond acceptors (Lipinski definition) is 2. The molecule has 2 heteroatoms. The molecule has 1 N–H and O–H groups in total. The summed E-state index contributed by atoms with van der Waals surface area (Å²) in [6.07, 6.45) is 3.57. The van der Waals surface area contributed by atoms with Gasteiger partial charge in [0.2, 0.25) is 0 Å². The molecule has 2 nitrogen and oxygen atoms in total. The number of aryl methyl sites for hydroxylation is 3. The number of benzene rings is 6. The van der Waals surface area contributed by atoms with Crippen molar-refractivity contribution in [1.29, 1.82) is 0 Å². The lowest BCUT2D eigenvalue weighted by Gasteiger charge is -2.26. The molecule has 0 radical (unpaired) electrons. The summed E-state index contributed by atoms with van der Waals surface area (Å²) in [5.74, 6) is 0. The van der Waals surface area contributed by atoms with E-state index in [1.54, 1.807) is 0 Å². The van der Waals surface area contributed by atoms with Crippen LogP contribution in [0.1, 0.15) is 36.5 Å². The fourth-order valence-corrected chi connectivity index (χ4v) is 5.54. The molecule has 0 aliphatic rings. The molecule has 218 valence electrons. The number of rotatable bonds is 10. The van der Waals surface area contributed by atoms with Crippen molar-refractivity contribution < 1.29 is 0 Å². The summed E-state index contributed by atoms with van der Waals surface area (Å²) in [6, 6.07) is 52.7. The van der Waals surface area contributed by atoms with E-state index in [0.717, 1.165) is 29.2 Å². The lowest BCUT2D eigenvalue weighted by molar-refractivity contribution is 0.795. The maximum Gasteiger partial charge on any atom is 0.0462 e. The minimum atomic E-state index is 1.08. The summed E-state index contributed by atoms with van der Waals surface area (Å²) in [6.45, 7) is 6.49. The second kappa shape index (κ2) is 13.5. The van der Waals surface area contributed by atoms with E-state index in [2.05, 4.69) is 177 Å². The standard InChI is InChI=1S/C42H40N2/c1-4-5-6-33-11-27-41(28-12-33)44(40-25-9-32(3)10-26-40)42-29-19-37(20-30-42)35-15-13-34(14-16-35)36-17-23-39(24-18-36)43-38-21-7-31(2)8-22-38/h7-30,43H,4-6H2,1-3H3. The van der Waals surface area contributed by atoms with Crippen LogP contribution in [-0.2, 0) is 6.42 Å². The van der Waals surface area contributed by atoms with Crippen molar-refractivity contribution in [1.82, 2.24) is 0 Å². The summed E-state index contributed by atoms with van der Waals surface area (Å²) in [7, 11) is 0. The first kappa shape index (κ1) is 29.0. The lowest BCUT2D eigenvalue weighted by atomic mass is 9.99. The molecule has 0 saturated carbocycles. The molecule has 0 heterocycles. The van der Waals surface area contributed by atoms with Gasteiger partial charge in [-0.3, -0.25) is 0 Å². The van der Waals surface area contributed by atoms with Crippen molar-refractivity contribution in [3.63, 3.8) is 0 Å². The summed E-state index contributed by atoms with van der Waals surface area (Å²) >= 11 is 0. The van der Waals surface area contributed by atoms with Crippen LogP contribution in [0.25, 0.3) is 22.3 Å². The largest absolute Gasteiger partial charge is 0.356 e. The quantitative estimate of drug-likeness (QED) is 0.176. The Morgan fingerprint density at radius 2 is 0.773 bits per heavy atom. The van der Waals surface area contributed by atoms with Crippen LogP contribution in [0, 0.1) is 13.8 Å². The van der Waals surface area contributed by atoms with Crippen molar-refractivity contribution in [2.24, 2.45) is 0 Å². The van der Waals surface area contributed by atoms with Crippen molar-refractivity contribution >= 4 is 28.4 Å². The summed E-state index contributed by atoms with van der Waals surface area (Å²) in [5.41, 5.74) is 14.4. The number of unbranched alkanes of at least 4 members (excludes halogenated alkanes) is 1. The van der Waals surface area contributed by atoms with Gasteiger partial charge in [0.25, 0.3) is 0 Å². The van der Waals surface area contributed by atoms with Gasteiger partial charge in [-0.15, -0.1) is 0 Å². The third-order valence-electron chi connectivity index (χ3n) is 8.21. The summed E-state index contributed by atoms with van der Waals surface area (Å²) in [4.78, 5) is 2.34. The monoisotopic (exact) mass is 572 g/mol. The topological polar surface area (TPSA) is 15.3 Å². The molecule has 0 bridgehead atoms. The molecule has 6 aromatic rings. The molecule has 0 unspecified atom stereocenters. The molecule has 0 amide bonds. The Morgan fingerprint density at radius 1 is 0.432 bits per heavy atom. The van der Waals surface area contributed by atoms with Gasteiger partial charge in [-0.1, -0.05) is 109 Å². The minimum Gasteiger partial charge on any atom is -0.356 e. The lowest BCUT2D eigenvalue weighted by Crippen LogP contribution is -2.10. The molecule has 6 aromatic carbocycles. The minimum absolute atomic E-state index is 1.08. The fraction of sp³-hybridized carbons (Fsp3) is 0.143. The Labute approximate surface area is 262 Å². The highest BCUT2D eigenvalue weighted by atomic mass is 15.1. The average Bonchev–Trinajstić information content (AvgIpc) is 3.07. The smallest absolute Gasteiger partial charge is 0.0462 e. The first-order valence-electron chi connectivity index (χ1n) is 15.7. The Hall–Kier alpha value is -5.08. The normalized spacial score (nSPS) is 10.9. The van der Waals surface area contributed by atoms with Crippen LogP contribution >= 0.6 is 0 Å². The molecule has 0 aliphatic heterocycles. The molecule has 6 rings (SSSR count). The number of nitrogens with zero attached hydrogens (tertiary/aromatic N) is 1. The van der Waals surface area contributed by atoms with E-state index in [-0.39, 0.29) is 0 Å². The third-order valence-corrected chi connectivity index (χ3v) is 8.21. The zero-order valence-electron chi connectivity index (χ0n) is 25.9. The summed E-state index contributed by atoms with van der Waals surface area (Å²) in [5, 5.41) is 3.48. The van der Waals surface area contributed by atoms with Crippen LogP contribution in [0.4, 0.5) is 28.4 Å². The van der Waals surface area contributed by atoms with Crippen molar-refractivity contribution in [3.05, 3.63) is 162 Å². The molecular formula is C42H40N2. The van der Waals surface area contributed by atoms with E-state index >= 15 is 0 Å². The molecule has 0 spiro atoms. The van der Waals surface area contributed by atoms with Gasteiger partial charge in [-0.2, -0.15) is 0 Å². The molecule has 0 fully saturated rings. The maximum absolute atomic E-state index is 3.48. The van der Waals surface area contributed by atoms with Crippen LogP contribution in [0.5, 0.6) is 0 Å². The van der Waals surface area contributed by atoms with Crippen LogP contribution in [0.2, 0.25) is 0 Å². The fourth-order valence-electron chi connectivity index (χ4n) is 5.54. The summed E-state index contributed by atoms with van der Waals surface area (Å²) < 4.78 is 0. The number of hydrogen-bond donors (Lipinski definition) is 1. The van der Waals surface area contributed by atoms with E-state index in [1.807, 2.05) is 0 Å². The van der Waals surface area contributed by atoms with E-state index < -0.39 is 0 Å². The van der Waals surface area contributed by atoms with E-state index in [9.17, 15) is 0 Å². The van der Waals surface area contributed by atoms with Gasteiger partial charge in [-0.05, 0) is 115 Å². The van der Waals surface area contributed by atoms with E-state index in [0.29, 0.717) is 0 Å². The van der Waals surface area contributed by atoms with Gasteiger partial charge in [0.1, 0.15) is 0 Å². The maximum atomic E-state index is 3.48. The SMILES string of the molecule is CCCCc1ccc(N(c2ccc(C)cc2)c2ccc(-c3ccc(-c4ccc(Nc5ccc(C)cc5)cc4)cc3)cc2)cc1. The van der Waals surface area contributed by atoms with Crippen LogP contribution in [0.15, 0.2) is 146 Å². The van der Waals surface area contributed by atoms with Gasteiger partial charge in [0.15, 0.2) is 0 Å². The Bertz CT molecular complexity index is 1760. The molecule has 0 aromatic heterocycles. The number of nitrogens with one attached hydrogen (secondary N) is 1. The predicted octanol–water partition coefficient (Wildman–Crippen LogP) is 12.2. The molecule has 0 saturated heterocycles. The molecule has 0 atom stereocenters. The van der Waals surface area contributed by atoms with E-state index in [4.69, 9.17) is 0 Å². The van der Waals surface area contributed by atoms with Gasteiger partial charge in [-0.25, -0.2) is 0 Å². The van der Waals surface area contributed by atoms with Crippen molar-refractivity contribution in [2.45, 2.75) is 40.0 Å². The second-order valence-electron chi connectivity index (χ2n) is 11.6. The van der Waals surface area contributed by atoms with Gasteiger partial charge >= 0.3 is 0 Å².